The minimum atomic E-state index is -0.270. The van der Waals surface area contributed by atoms with Crippen LogP contribution in [0.4, 0.5) is 0 Å². The van der Waals surface area contributed by atoms with E-state index in [0.29, 0.717) is 30.0 Å². The first-order valence-electron chi connectivity index (χ1n) is 10.0. The predicted octanol–water partition coefficient (Wildman–Crippen LogP) is 2.89. The van der Waals surface area contributed by atoms with E-state index in [2.05, 4.69) is 10.4 Å². The highest BCUT2D eigenvalue weighted by Crippen LogP contribution is 2.20. The molecule has 0 aliphatic carbocycles. The fourth-order valence-electron chi connectivity index (χ4n) is 3.40. The van der Waals surface area contributed by atoms with Crippen molar-refractivity contribution in [2.45, 2.75) is 13.1 Å². The third kappa shape index (κ3) is 4.73. The Morgan fingerprint density at radius 2 is 1.74 bits per heavy atom. The van der Waals surface area contributed by atoms with Gasteiger partial charge in [-0.3, -0.25) is 9.59 Å². The summed E-state index contributed by atoms with van der Waals surface area (Å²) >= 11 is 0. The van der Waals surface area contributed by atoms with E-state index in [-0.39, 0.29) is 24.6 Å². The van der Waals surface area contributed by atoms with Crippen molar-refractivity contribution in [1.82, 2.24) is 15.1 Å². The number of carbonyl (C=O) groups is 1. The molecule has 1 aromatic heterocycles. The fraction of sp³-hybridized carbons (Fsp3) is 0.208. The molecule has 0 atom stereocenters. The predicted molar refractivity (Wildman–Crippen MR) is 119 cm³/mol. The molecule has 0 fully saturated rings. The van der Waals surface area contributed by atoms with Crippen molar-refractivity contribution in [2.75, 3.05) is 20.3 Å². The molecule has 4 rings (SSSR count). The third-order valence-electron chi connectivity index (χ3n) is 5.00. The summed E-state index contributed by atoms with van der Waals surface area (Å²) < 4.78 is 12.1. The first kappa shape index (κ1) is 20.6. The number of ether oxygens (including phenoxy) is 2. The molecule has 0 aliphatic rings. The molecule has 7 heteroatoms. The molecular formula is C24H23N3O4. The topological polar surface area (TPSA) is 82.4 Å². The summed E-state index contributed by atoms with van der Waals surface area (Å²) in [6, 6.07) is 20.9. The molecule has 0 unspecified atom stereocenters. The summed E-state index contributed by atoms with van der Waals surface area (Å²) in [5, 5.41) is 10.7. The molecule has 0 aliphatic heterocycles. The minimum absolute atomic E-state index is 0.112. The molecule has 0 saturated heterocycles. The van der Waals surface area contributed by atoms with Gasteiger partial charge in [0.1, 0.15) is 5.75 Å². The molecule has 0 saturated carbocycles. The zero-order valence-corrected chi connectivity index (χ0v) is 17.2. The van der Waals surface area contributed by atoms with Crippen molar-refractivity contribution >= 4 is 27.5 Å². The largest absolute Gasteiger partial charge is 0.484 e. The van der Waals surface area contributed by atoms with Gasteiger partial charge in [-0.25, -0.2) is 4.68 Å². The van der Waals surface area contributed by atoms with E-state index in [4.69, 9.17) is 9.47 Å². The highest BCUT2D eigenvalue weighted by Gasteiger charge is 2.12. The lowest BCUT2D eigenvalue weighted by molar-refractivity contribution is -0.123. The Kier molecular flexibility index (Phi) is 6.24. The lowest BCUT2D eigenvalue weighted by atomic mass is 10.1. The van der Waals surface area contributed by atoms with E-state index in [9.17, 15) is 9.59 Å². The first-order valence-corrected chi connectivity index (χ1v) is 10.0. The van der Waals surface area contributed by atoms with Gasteiger partial charge in [-0.15, -0.1) is 0 Å². The molecule has 1 N–H and O–H groups in total. The SMILES string of the molecule is COCCn1nc(CNC(=O)COc2ccc3ccccc3c2)c2ccccc2c1=O. The molecule has 0 spiro atoms. The Morgan fingerprint density at radius 3 is 2.55 bits per heavy atom. The summed E-state index contributed by atoms with van der Waals surface area (Å²) in [6.07, 6.45) is 0. The minimum Gasteiger partial charge on any atom is -0.484 e. The third-order valence-corrected chi connectivity index (χ3v) is 5.00. The van der Waals surface area contributed by atoms with Gasteiger partial charge in [0, 0.05) is 12.5 Å². The van der Waals surface area contributed by atoms with Crippen LogP contribution in [0.25, 0.3) is 21.5 Å². The molecule has 31 heavy (non-hydrogen) atoms. The average molecular weight is 417 g/mol. The maximum atomic E-state index is 12.6. The number of benzene rings is 3. The van der Waals surface area contributed by atoms with E-state index in [1.165, 1.54) is 4.68 Å². The summed E-state index contributed by atoms with van der Waals surface area (Å²) in [5.74, 6) is 0.360. The Hall–Kier alpha value is -3.71. The Morgan fingerprint density at radius 1 is 1.00 bits per heavy atom. The van der Waals surface area contributed by atoms with Crippen LogP contribution in [-0.4, -0.2) is 36.0 Å². The van der Waals surface area contributed by atoms with Crippen molar-refractivity contribution < 1.29 is 14.3 Å². The van der Waals surface area contributed by atoms with Gasteiger partial charge in [0.25, 0.3) is 11.5 Å². The van der Waals surface area contributed by atoms with E-state index < -0.39 is 0 Å². The summed E-state index contributed by atoms with van der Waals surface area (Å²) in [6.45, 7) is 0.788. The zero-order chi connectivity index (χ0) is 21.6. The smallest absolute Gasteiger partial charge is 0.274 e. The van der Waals surface area contributed by atoms with E-state index >= 15 is 0 Å². The molecule has 1 heterocycles. The number of amides is 1. The molecule has 158 valence electrons. The van der Waals surface area contributed by atoms with Crippen LogP contribution in [0.5, 0.6) is 5.75 Å². The van der Waals surface area contributed by atoms with Gasteiger partial charge in [-0.2, -0.15) is 5.10 Å². The summed E-state index contributed by atoms with van der Waals surface area (Å²) in [7, 11) is 1.57. The first-order chi connectivity index (χ1) is 15.2. The van der Waals surface area contributed by atoms with Crippen molar-refractivity contribution in [2.24, 2.45) is 0 Å². The second-order valence-corrected chi connectivity index (χ2v) is 7.09. The maximum Gasteiger partial charge on any atom is 0.274 e. The van der Waals surface area contributed by atoms with Gasteiger partial charge in [-0.1, -0.05) is 48.5 Å². The van der Waals surface area contributed by atoms with E-state index in [1.54, 1.807) is 13.2 Å². The van der Waals surface area contributed by atoms with Crippen LogP contribution >= 0.6 is 0 Å². The number of hydrogen-bond acceptors (Lipinski definition) is 5. The highest BCUT2D eigenvalue weighted by molar-refractivity contribution is 5.85. The highest BCUT2D eigenvalue weighted by atomic mass is 16.5. The number of nitrogens with one attached hydrogen (secondary N) is 1. The molecule has 0 bridgehead atoms. The van der Waals surface area contributed by atoms with Crippen molar-refractivity contribution in [3.05, 3.63) is 82.8 Å². The fourth-order valence-corrected chi connectivity index (χ4v) is 3.40. The van der Waals surface area contributed by atoms with Crippen LogP contribution in [0.15, 0.2) is 71.5 Å². The lowest BCUT2D eigenvalue weighted by Crippen LogP contribution is -2.31. The number of methoxy groups -OCH3 is 1. The Labute approximate surface area is 179 Å². The monoisotopic (exact) mass is 417 g/mol. The van der Waals surface area contributed by atoms with Crippen LogP contribution in [0.2, 0.25) is 0 Å². The number of carbonyl (C=O) groups excluding carboxylic acids is 1. The number of fused-ring (bicyclic) bond motifs is 2. The average Bonchev–Trinajstić information content (AvgIpc) is 2.81. The quantitative estimate of drug-likeness (QED) is 0.477. The molecule has 4 aromatic rings. The van der Waals surface area contributed by atoms with E-state index in [0.717, 1.165) is 16.2 Å². The van der Waals surface area contributed by atoms with Gasteiger partial charge in [0.05, 0.1) is 30.8 Å². The van der Waals surface area contributed by atoms with Gasteiger partial charge in [0.15, 0.2) is 6.61 Å². The number of aromatic nitrogens is 2. The van der Waals surface area contributed by atoms with Crippen LogP contribution in [0.3, 0.4) is 0 Å². The second kappa shape index (κ2) is 9.40. The number of nitrogens with zero attached hydrogens (tertiary/aromatic N) is 2. The normalized spacial score (nSPS) is 11.0. The van der Waals surface area contributed by atoms with Gasteiger partial charge in [0.2, 0.25) is 0 Å². The molecule has 0 radical (unpaired) electrons. The Bertz CT molecular complexity index is 1280. The zero-order valence-electron chi connectivity index (χ0n) is 17.2. The molecular weight excluding hydrogens is 394 g/mol. The lowest BCUT2D eigenvalue weighted by Gasteiger charge is -2.12. The van der Waals surface area contributed by atoms with Gasteiger partial charge in [-0.05, 0) is 29.0 Å². The maximum absolute atomic E-state index is 12.6. The molecule has 1 amide bonds. The second-order valence-electron chi connectivity index (χ2n) is 7.09. The van der Waals surface area contributed by atoms with Crippen molar-refractivity contribution in [1.29, 1.82) is 0 Å². The van der Waals surface area contributed by atoms with E-state index in [1.807, 2.05) is 60.7 Å². The van der Waals surface area contributed by atoms with Gasteiger partial charge < -0.3 is 14.8 Å². The van der Waals surface area contributed by atoms with Gasteiger partial charge >= 0.3 is 0 Å². The van der Waals surface area contributed by atoms with Crippen LogP contribution in [0.1, 0.15) is 5.69 Å². The number of hydrogen-bond donors (Lipinski definition) is 1. The standard InChI is InChI=1S/C24H23N3O4/c1-30-13-12-27-24(29)21-9-5-4-8-20(21)22(26-27)15-25-23(28)16-31-19-11-10-17-6-2-3-7-18(17)14-19/h2-11,14H,12-13,15-16H2,1H3,(H,25,28). The molecule has 3 aromatic carbocycles. The van der Waals surface area contributed by atoms with Crippen LogP contribution < -0.4 is 15.6 Å². The van der Waals surface area contributed by atoms with Crippen LogP contribution in [0, 0.1) is 0 Å². The summed E-state index contributed by atoms with van der Waals surface area (Å²) in [4.78, 5) is 25.0. The Balaban J connectivity index is 1.44. The van der Waals surface area contributed by atoms with Crippen LogP contribution in [-0.2, 0) is 22.6 Å². The summed E-state index contributed by atoms with van der Waals surface area (Å²) in [5.41, 5.74) is 0.438. The molecule has 7 nitrogen and oxygen atoms in total. The van der Waals surface area contributed by atoms with Crippen molar-refractivity contribution in [3.8, 4) is 5.75 Å². The van der Waals surface area contributed by atoms with Crippen molar-refractivity contribution in [3.63, 3.8) is 0 Å². The number of rotatable bonds is 8.